The van der Waals surface area contributed by atoms with Crippen LogP contribution in [0.25, 0.3) is 5.78 Å². The third-order valence-corrected chi connectivity index (χ3v) is 5.92. The van der Waals surface area contributed by atoms with Crippen molar-refractivity contribution in [3.63, 3.8) is 0 Å². The summed E-state index contributed by atoms with van der Waals surface area (Å²) in [6, 6.07) is 2.01. The van der Waals surface area contributed by atoms with E-state index < -0.39 is 0 Å². The molecule has 1 aliphatic carbocycles. The minimum atomic E-state index is 0.532. The molecule has 4 heterocycles. The van der Waals surface area contributed by atoms with Gasteiger partial charge in [-0.3, -0.25) is 0 Å². The molecular weight excluding hydrogens is 354 g/mol. The lowest BCUT2D eigenvalue weighted by molar-refractivity contribution is 0.215. The highest BCUT2D eigenvalue weighted by atomic mass is 16.5. The lowest BCUT2D eigenvalue weighted by Gasteiger charge is -2.34. The highest BCUT2D eigenvalue weighted by molar-refractivity contribution is 5.54. The number of ether oxygens (including phenoxy) is 1. The molecule has 2 fully saturated rings. The summed E-state index contributed by atoms with van der Waals surface area (Å²) in [5.74, 6) is 3.65. The van der Waals surface area contributed by atoms with Crippen LogP contribution in [0.5, 0.6) is 5.88 Å². The first-order valence-corrected chi connectivity index (χ1v) is 10.1. The lowest BCUT2D eigenvalue weighted by Crippen LogP contribution is -2.37. The standard InChI is InChI=1S/C20H25N7O/c1-13-14(2)25-20-23-12-24-27(20)19(13)26-7-5-15(6-8-26)10-28-18-9-17(16-3-4-16)21-11-22-18/h9,11-12,15-16H,3-8,10H2,1-2H3. The number of aryl methyl sites for hydroxylation is 1. The summed E-state index contributed by atoms with van der Waals surface area (Å²) in [5, 5.41) is 4.38. The van der Waals surface area contributed by atoms with Crippen LogP contribution in [0.3, 0.4) is 0 Å². The van der Waals surface area contributed by atoms with Crippen molar-refractivity contribution in [2.24, 2.45) is 5.92 Å². The van der Waals surface area contributed by atoms with E-state index in [0.717, 1.165) is 43.1 Å². The van der Waals surface area contributed by atoms with Gasteiger partial charge in [0, 0.05) is 36.3 Å². The zero-order valence-corrected chi connectivity index (χ0v) is 16.4. The summed E-state index contributed by atoms with van der Waals surface area (Å²) in [6.45, 7) is 6.81. The fourth-order valence-electron chi connectivity index (χ4n) is 3.94. The number of anilines is 1. The Balaban J connectivity index is 1.23. The molecule has 3 aromatic heterocycles. The van der Waals surface area contributed by atoms with Crippen molar-refractivity contribution in [1.29, 1.82) is 0 Å². The number of aromatic nitrogens is 6. The van der Waals surface area contributed by atoms with E-state index in [2.05, 4.69) is 36.9 Å². The van der Waals surface area contributed by atoms with E-state index in [1.54, 1.807) is 12.7 Å². The first kappa shape index (κ1) is 17.3. The average molecular weight is 379 g/mol. The predicted octanol–water partition coefficient (Wildman–Crippen LogP) is 2.70. The van der Waals surface area contributed by atoms with Crippen LogP contribution >= 0.6 is 0 Å². The monoisotopic (exact) mass is 379 g/mol. The Bertz CT molecular complexity index is 989. The second kappa shape index (κ2) is 7.00. The largest absolute Gasteiger partial charge is 0.477 e. The van der Waals surface area contributed by atoms with Gasteiger partial charge in [-0.2, -0.15) is 14.6 Å². The van der Waals surface area contributed by atoms with Gasteiger partial charge in [-0.1, -0.05) is 0 Å². The molecule has 5 rings (SSSR count). The van der Waals surface area contributed by atoms with Crippen molar-refractivity contribution in [3.05, 3.63) is 35.7 Å². The van der Waals surface area contributed by atoms with Gasteiger partial charge in [0.15, 0.2) is 0 Å². The average Bonchev–Trinajstić information content (AvgIpc) is 3.48. The Morgan fingerprint density at radius 1 is 1.04 bits per heavy atom. The number of hydrogen-bond donors (Lipinski definition) is 0. The first-order chi connectivity index (χ1) is 13.7. The summed E-state index contributed by atoms with van der Waals surface area (Å²) < 4.78 is 7.86. The molecule has 0 radical (unpaired) electrons. The predicted molar refractivity (Wildman–Crippen MR) is 105 cm³/mol. The molecule has 0 bridgehead atoms. The van der Waals surface area contributed by atoms with Crippen LogP contribution in [-0.2, 0) is 0 Å². The molecule has 8 heteroatoms. The number of hydrogen-bond acceptors (Lipinski definition) is 7. The van der Waals surface area contributed by atoms with Gasteiger partial charge < -0.3 is 9.64 Å². The SMILES string of the molecule is Cc1nc2ncnn2c(N2CCC(COc3cc(C4CC4)ncn3)CC2)c1C. The number of rotatable bonds is 5. The van der Waals surface area contributed by atoms with Gasteiger partial charge in [-0.05, 0) is 45.4 Å². The Morgan fingerprint density at radius 3 is 2.64 bits per heavy atom. The highest BCUT2D eigenvalue weighted by Crippen LogP contribution is 2.39. The minimum absolute atomic E-state index is 0.532. The summed E-state index contributed by atoms with van der Waals surface area (Å²) >= 11 is 0. The van der Waals surface area contributed by atoms with Gasteiger partial charge in [0.2, 0.25) is 5.88 Å². The van der Waals surface area contributed by atoms with Crippen LogP contribution in [0, 0.1) is 19.8 Å². The Kier molecular flexibility index (Phi) is 4.33. The van der Waals surface area contributed by atoms with E-state index in [0.29, 0.717) is 30.1 Å². The third-order valence-electron chi connectivity index (χ3n) is 5.92. The van der Waals surface area contributed by atoms with Crippen LogP contribution in [0.1, 0.15) is 48.6 Å². The number of piperidine rings is 1. The summed E-state index contributed by atoms with van der Waals surface area (Å²) in [6.07, 6.45) is 7.84. The van der Waals surface area contributed by atoms with E-state index >= 15 is 0 Å². The van der Waals surface area contributed by atoms with Gasteiger partial charge in [0.05, 0.1) is 12.3 Å². The molecule has 1 aliphatic heterocycles. The van der Waals surface area contributed by atoms with Gasteiger partial charge in [-0.25, -0.2) is 15.0 Å². The van der Waals surface area contributed by atoms with E-state index in [1.165, 1.54) is 18.4 Å². The molecule has 2 aliphatic rings. The molecule has 0 atom stereocenters. The van der Waals surface area contributed by atoms with Crippen LogP contribution in [-0.4, -0.2) is 49.2 Å². The molecule has 0 N–H and O–H groups in total. The van der Waals surface area contributed by atoms with Crippen LogP contribution in [0.15, 0.2) is 18.7 Å². The topological polar surface area (TPSA) is 81.3 Å². The first-order valence-electron chi connectivity index (χ1n) is 10.1. The molecular formula is C20H25N7O. The van der Waals surface area contributed by atoms with E-state index in [4.69, 9.17) is 4.74 Å². The smallest absolute Gasteiger partial charge is 0.254 e. The van der Waals surface area contributed by atoms with Crippen LogP contribution in [0.4, 0.5) is 5.82 Å². The van der Waals surface area contributed by atoms with Gasteiger partial charge in [0.25, 0.3) is 5.78 Å². The van der Waals surface area contributed by atoms with Crippen molar-refractivity contribution in [1.82, 2.24) is 29.5 Å². The Labute approximate surface area is 164 Å². The van der Waals surface area contributed by atoms with Gasteiger partial charge >= 0.3 is 0 Å². The molecule has 0 spiro atoms. The molecule has 0 amide bonds. The third kappa shape index (κ3) is 3.27. The van der Waals surface area contributed by atoms with E-state index in [9.17, 15) is 0 Å². The summed E-state index contributed by atoms with van der Waals surface area (Å²) in [7, 11) is 0. The van der Waals surface area contributed by atoms with Gasteiger partial charge in [0.1, 0.15) is 18.5 Å². The highest BCUT2D eigenvalue weighted by Gasteiger charge is 2.26. The Hall–Kier alpha value is -2.77. The molecule has 8 nitrogen and oxygen atoms in total. The van der Waals surface area contributed by atoms with Crippen LogP contribution in [0.2, 0.25) is 0 Å². The molecule has 0 unspecified atom stereocenters. The zero-order chi connectivity index (χ0) is 19.1. The molecule has 146 valence electrons. The van der Waals surface area contributed by atoms with E-state index in [1.807, 2.05) is 17.5 Å². The normalized spacial score (nSPS) is 18.0. The fraction of sp³-hybridized carbons (Fsp3) is 0.550. The van der Waals surface area contributed by atoms with Crippen molar-refractivity contribution >= 4 is 11.6 Å². The zero-order valence-electron chi connectivity index (χ0n) is 16.4. The second-order valence-corrected chi connectivity index (χ2v) is 7.91. The van der Waals surface area contributed by atoms with Crippen molar-refractivity contribution in [3.8, 4) is 5.88 Å². The number of nitrogens with zero attached hydrogens (tertiary/aromatic N) is 7. The van der Waals surface area contributed by atoms with Crippen LogP contribution < -0.4 is 9.64 Å². The fourth-order valence-corrected chi connectivity index (χ4v) is 3.94. The van der Waals surface area contributed by atoms with Gasteiger partial charge in [-0.15, -0.1) is 0 Å². The molecule has 28 heavy (non-hydrogen) atoms. The maximum atomic E-state index is 6.00. The van der Waals surface area contributed by atoms with E-state index in [-0.39, 0.29) is 0 Å². The molecule has 0 aromatic carbocycles. The molecule has 3 aromatic rings. The van der Waals surface area contributed by atoms with Crippen molar-refractivity contribution < 1.29 is 4.74 Å². The summed E-state index contributed by atoms with van der Waals surface area (Å²) in [5.41, 5.74) is 3.30. The van der Waals surface area contributed by atoms with Crippen molar-refractivity contribution in [2.75, 3.05) is 24.6 Å². The quantitative estimate of drug-likeness (QED) is 0.674. The van der Waals surface area contributed by atoms with Crippen molar-refractivity contribution in [2.45, 2.75) is 45.4 Å². The second-order valence-electron chi connectivity index (χ2n) is 7.91. The summed E-state index contributed by atoms with van der Waals surface area (Å²) in [4.78, 5) is 19.8. The lowest BCUT2D eigenvalue weighted by atomic mass is 9.97. The maximum absolute atomic E-state index is 6.00. The maximum Gasteiger partial charge on any atom is 0.254 e. The number of fused-ring (bicyclic) bond motifs is 1. The Morgan fingerprint density at radius 2 is 1.86 bits per heavy atom. The molecule has 1 saturated carbocycles. The minimum Gasteiger partial charge on any atom is -0.477 e. The molecule has 1 saturated heterocycles.